The van der Waals surface area contributed by atoms with E-state index >= 15 is 0 Å². The lowest BCUT2D eigenvalue weighted by atomic mass is 9.87. The summed E-state index contributed by atoms with van der Waals surface area (Å²) in [4.78, 5) is 0.923. The fourth-order valence-corrected chi connectivity index (χ4v) is 5.35. The maximum Gasteiger partial charge on any atom is 0.0577 e. The maximum absolute atomic E-state index is 12.7. The second-order valence-electron chi connectivity index (χ2n) is 5.59. The molecular weight excluding hydrogens is 310 g/mol. The first-order valence-electron chi connectivity index (χ1n) is 6.29. The van der Waals surface area contributed by atoms with Crippen molar-refractivity contribution >= 4 is 26.7 Å². The lowest BCUT2D eigenvalue weighted by Crippen LogP contribution is -2.44. The molecule has 1 aliphatic carbocycles. The number of nitrogens with one attached hydrogen (secondary N) is 1. The van der Waals surface area contributed by atoms with E-state index in [2.05, 4.69) is 35.1 Å². The van der Waals surface area contributed by atoms with Crippen LogP contribution in [0.4, 0.5) is 0 Å². The van der Waals surface area contributed by atoms with Crippen LogP contribution in [0.25, 0.3) is 0 Å². The summed E-state index contributed by atoms with van der Waals surface area (Å²) in [5, 5.41) is 3.57. The Labute approximate surface area is 120 Å². The Bertz CT molecular complexity index is 461. The van der Waals surface area contributed by atoms with E-state index in [1.165, 1.54) is 0 Å². The molecule has 3 unspecified atom stereocenters. The van der Waals surface area contributed by atoms with Gasteiger partial charge >= 0.3 is 0 Å². The van der Waals surface area contributed by atoms with Crippen molar-refractivity contribution in [3.8, 4) is 0 Å². The number of hydrogen-bond acceptors (Lipinski definition) is 2. The quantitative estimate of drug-likeness (QED) is 0.921. The van der Waals surface area contributed by atoms with Crippen LogP contribution in [0, 0.1) is 5.41 Å². The molecule has 3 atom stereocenters. The molecule has 0 aromatic heterocycles. The summed E-state index contributed by atoms with van der Waals surface area (Å²) in [7, 11) is 1.04. The molecule has 0 radical (unpaired) electrons. The van der Waals surface area contributed by atoms with E-state index in [0.29, 0.717) is 6.04 Å². The zero-order valence-corrected chi connectivity index (χ0v) is 13.5. The van der Waals surface area contributed by atoms with Crippen molar-refractivity contribution in [1.82, 2.24) is 5.32 Å². The second kappa shape index (κ2) is 5.43. The molecule has 2 nitrogen and oxygen atoms in total. The number of benzene rings is 1. The highest BCUT2D eigenvalue weighted by Gasteiger charge is 2.44. The molecule has 1 fully saturated rings. The number of halogens is 1. The predicted molar refractivity (Wildman–Crippen MR) is 80.2 cm³/mol. The Hall–Kier alpha value is -0.190. The number of hydrogen-bond donors (Lipinski definition) is 1. The van der Waals surface area contributed by atoms with Crippen LogP contribution in [-0.2, 0) is 10.8 Å². The van der Waals surface area contributed by atoms with Gasteiger partial charge in [0.25, 0.3) is 0 Å². The van der Waals surface area contributed by atoms with Gasteiger partial charge in [0.05, 0.1) is 16.0 Å². The van der Waals surface area contributed by atoms with Crippen LogP contribution < -0.4 is 5.32 Å². The topological polar surface area (TPSA) is 29.1 Å². The Morgan fingerprint density at radius 3 is 2.78 bits per heavy atom. The zero-order chi connectivity index (χ0) is 13.3. The Kier molecular flexibility index (Phi) is 4.29. The largest absolute Gasteiger partial charge is 0.315 e. The van der Waals surface area contributed by atoms with E-state index < -0.39 is 10.8 Å². The van der Waals surface area contributed by atoms with Gasteiger partial charge in [0, 0.05) is 15.4 Å². The summed E-state index contributed by atoms with van der Waals surface area (Å²) >= 11 is 3.44. The molecule has 1 aliphatic rings. The Morgan fingerprint density at radius 1 is 1.44 bits per heavy atom. The van der Waals surface area contributed by atoms with Gasteiger partial charge in [-0.15, -0.1) is 0 Å². The van der Waals surface area contributed by atoms with E-state index in [9.17, 15) is 4.21 Å². The monoisotopic (exact) mass is 329 g/mol. The highest BCUT2D eigenvalue weighted by atomic mass is 79.9. The molecule has 18 heavy (non-hydrogen) atoms. The fourth-order valence-electron chi connectivity index (χ4n) is 2.91. The van der Waals surface area contributed by atoms with Crippen molar-refractivity contribution in [2.24, 2.45) is 5.41 Å². The van der Waals surface area contributed by atoms with Crippen LogP contribution in [-0.4, -0.2) is 22.5 Å². The molecule has 1 N–H and O–H groups in total. The molecule has 2 rings (SSSR count). The molecule has 0 heterocycles. The minimum absolute atomic E-state index is 0.208. The summed E-state index contributed by atoms with van der Waals surface area (Å²) in [5.74, 6) is 0. The predicted octanol–water partition coefficient (Wildman–Crippen LogP) is 3.33. The third-order valence-corrected chi connectivity index (χ3v) is 6.17. The average molecular weight is 330 g/mol. The van der Waals surface area contributed by atoms with Gasteiger partial charge in [-0.3, -0.25) is 4.21 Å². The summed E-state index contributed by atoms with van der Waals surface area (Å²) in [6.45, 7) is 4.51. The van der Waals surface area contributed by atoms with Gasteiger partial charge in [-0.05, 0) is 43.5 Å². The van der Waals surface area contributed by atoms with Crippen molar-refractivity contribution in [1.29, 1.82) is 0 Å². The molecule has 0 saturated heterocycles. The molecular formula is C14H20BrNOS. The molecule has 0 bridgehead atoms. The van der Waals surface area contributed by atoms with Crippen LogP contribution in [0.15, 0.2) is 33.6 Å². The molecule has 4 heteroatoms. The normalized spacial score (nSPS) is 28.2. The Morgan fingerprint density at radius 2 is 2.17 bits per heavy atom. The lowest BCUT2D eigenvalue weighted by Gasteiger charge is -2.30. The van der Waals surface area contributed by atoms with E-state index in [0.717, 1.165) is 22.2 Å². The second-order valence-corrected chi connectivity index (χ2v) is 8.17. The standard InChI is InChI=1S/C14H20BrNOS/c1-14(2)8-7-12(13(14)16-3)18(17)11-6-4-5-10(15)9-11/h4-6,9,12-13,16H,7-8H2,1-3H3. The van der Waals surface area contributed by atoms with Crippen molar-refractivity contribution in [3.63, 3.8) is 0 Å². The average Bonchev–Trinajstić information content (AvgIpc) is 2.63. The van der Waals surface area contributed by atoms with Gasteiger partial charge in [-0.1, -0.05) is 35.8 Å². The molecule has 100 valence electrons. The van der Waals surface area contributed by atoms with Crippen LogP contribution in [0.1, 0.15) is 26.7 Å². The number of rotatable bonds is 3. The molecule has 1 saturated carbocycles. The molecule has 1 aromatic carbocycles. The minimum Gasteiger partial charge on any atom is -0.315 e. The first kappa shape index (κ1) is 14.2. The van der Waals surface area contributed by atoms with Gasteiger partial charge < -0.3 is 5.32 Å². The highest BCUT2D eigenvalue weighted by Crippen LogP contribution is 2.41. The van der Waals surface area contributed by atoms with Crippen LogP contribution in [0.3, 0.4) is 0 Å². The summed E-state index contributed by atoms with van der Waals surface area (Å²) in [6.07, 6.45) is 2.15. The smallest absolute Gasteiger partial charge is 0.0577 e. The van der Waals surface area contributed by atoms with E-state index in [1.54, 1.807) is 0 Å². The zero-order valence-electron chi connectivity index (χ0n) is 11.1. The molecule has 0 aliphatic heterocycles. The van der Waals surface area contributed by atoms with Crippen LogP contribution >= 0.6 is 15.9 Å². The van der Waals surface area contributed by atoms with Crippen molar-refractivity contribution in [3.05, 3.63) is 28.7 Å². The van der Waals surface area contributed by atoms with Crippen LogP contribution in [0.5, 0.6) is 0 Å². The molecule has 1 aromatic rings. The lowest BCUT2D eigenvalue weighted by molar-refractivity contribution is 0.299. The van der Waals surface area contributed by atoms with Gasteiger partial charge in [0.1, 0.15) is 0 Å². The third-order valence-electron chi connectivity index (χ3n) is 3.90. The van der Waals surface area contributed by atoms with E-state index in [-0.39, 0.29) is 10.7 Å². The van der Waals surface area contributed by atoms with Gasteiger partial charge in [0.2, 0.25) is 0 Å². The van der Waals surface area contributed by atoms with E-state index in [4.69, 9.17) is 0 Å². The summed E-state index contributed by atoms with van der Waals surface area (Å²) in [5.41, 5.74) is 0.223. The fraction of sp³-hybridized carbons (Fsp3) is 0.571. The first-order chi connectivity index (χ1) is 8.45. The first-order valence-corrected chi connectivity index (χ1v) is 8.30. The van der Waals surface area contributed by atoms with Crippen molar-refractivity contribution in [2.75, 3.05) is 7.05 Å². The minimum atomic E-state index is -0.938. The van der Waals surface area contributed by atoms with Crippen molar-refractivity contribution < 1.29 is 4.21 Å². The third kappa shape index (κ3) is 2.70. The summed E-state index contributed by atoms with van der Waals surface area (Å²) < 4.78 is 13.7. The molecule has 0 amide bonds. The molecule has 0 spiro atoms. The maximum atomic E-state index is 12.7. The highest BCUT2D eigenvalue weighted by molar-refractivity contribution is 9.10. The summed E-state index contributed by atoms with van der Waals surface area (Å²) in [6, 6.07) is 8.16. The van der Waals surface area contributed by atoms with Crippen molar-refractivity contribution in [2.45, 2.75) is 42.9 Å². The van der Waals surface area contributed by atoms with Gasteiger partial charge in [-0.25, -0.2) is 0 Å². The van der Waals surface area contributed by atoms with E-state index in [1.807, 2.05) is 31.3 Å². The van der Waals surface area contributed by atoms with Crippen LogP contribution in [0.2, 0.25) is 0 Å². The SMILES string of the molecule is CNC1C(S(=O)c2cccc(Br)c2)CCC1(C)C. The van der Waals surface area contributed by atoms with Gasteiger partial charge in [-0.2, -0.15) is 0 Å². The van der Waals surface area contributed by atoms with Gasteiger partial charge in [0.15, 0.2) is 0 Å². The Balaban J connectivity index is 2.25.